The van der Waals surface area contributed by atoms with Crippen LogP contribution in [0.2, 0.25) is 0 Å². The number of halogens is 1. The summed E-state index contributed by atoms with van der Waals surface area (Å²) in [5.41, 5.74) is 2.90. The lowest BCUT2D eigenvalue weighted by molar-refractivity contribution is -0.136. The van der Waals surface area contributed by atoms with Gasteiger partial charge in [0.1, 0.15) is 12.2 Å². The van der Waals surface area contributed by atoms with Crippen LogP contribution in [0.25, 0.3) is 0 Å². The van der Waals surface area contributed by atoms with Gasteiger partial charge in [-0.05, 0) is 43.9 Å². The van der Waals surface area contributed by atoms with Gasteiger partial charge in [0.05, 0.1) is 12.2 Å². The number of likely N-dealkylation sites (tertiary alicyclic amines) is 1. The minimum absolute atomic E-state index is 0.116. The largest absolute Gasteiger partial charge is 0.341 e. The van der Waals surface area contributed by atoms with Crippen LogP contribution in [0.15, 0.2) is 0 Å². The van der Waals surface area contributed by atoms with Crippen LogP contribution in [-0.2, 0) is 9.63 Å². The number of carbonyl (C=O) groups is 1. The van der Waals surface area contributed by atoms with Crippen molar-refractivity contribution in [2.75, 3.05) is 13.1 Å². The first-order valence-corrected chi connectivity index (χ1v) is 11.4. The number of piperidine rings is 1. The molecule has 0 aromatic heterocycles. The maximum Gasteiger partial charge on any atom is 0.242 e. The van der Waals surface area contributed by atoms with E-state index >= 15 is 0 Å². The molecule has 2 saturated carbocycles. The normalized spacial score (nSPS) is 38.3. The fraction of sp³-hybridized carbons (Fsp3) is 0.909. The van der Waals surface area contributed by atoms with Gasteiger partial charge in [-0.3, -0.25) is 9.63 Å². The zero-order valence-corrected chi connectivity index (χ0v) is 16.8. The van der Waals surface area contributed by atoms with Crippen LogP contribution in [0.5, 0.6) is 0 Å². The van der Waals surface area contributed by atoms with E-state index in [9.17, 15) is 9.18 Å². The van der Waals surface area contributed by atoms with E-state index in [1.807, 2.05) is 4.90 Å². The number of carbonyl (C=O) groups excluding carboxylic acids is 1. The molecule has 1 N–H and O–H groups in total. The fourth-order valence-corrected chi connectivity index (χ4v) is 6.00. The van der Waals surface area contributed by atoms with Crippen molar-refractivity contribution >= 4 is 5.91 Å². The van der Waals surface area contributed by atoms with Crippen molar-refractivity contribution in [3.05, 3.63) is 0 Å². The van der Waals surface area contributed by atoms with Gasteiger partial charge in [0.2, 0.25) is 5.91 Å². The highest BCUT2D eigenvalue weighted by Gasteiger charge is 2.43. The molecule has 0 aromatic rings. The van der Waals surface area contributed by atoms with E-state index in [4.69, 9.17) is 10.1 Å². The second-order valence-corrected chi connectivity index (χ2v) is 9.44. The number of hydrogen-bond donors (Lipinski definition) is 1. The highest BCUT2D eigenvalue weighted by Crippen LogP contribution is 2.38. The first-order chi connectivity index (χ1) is 13.7. The SMILES string of the molecule is N#CC1CCC(C2CC(C(=O)N3CCC(C4CCCCC4)CC3)NO2)C(F)C1. The highest BCUT2D eigenvalue weighted by atomic mass is 19.1. The number of hydroxylamine groups is 1. The summed E-state index contributed by atoms with van der Waals surface area (Å²) < 4.78 is 14.5. The van der Waals surface area contributed by atoms with E-state index < -0.39 is 6.17 Å². The Hall–Kier alpha value is -1.19. The van der Waals surface area contributed by atoms with Crippen LogP contribution in [0.1, 0.15) is 70.6 Å². The number of nitriles is 1. The quantitative estimate of drug-likeness (QED) is 0.796. The van der Waals surface area contributed by atoms with Crippen molar-refractivity contribution in [1.29, 1.82) is 5.26 Å². The average molecular weight is 392 g/mol. The molecular weight excluding hydrogens is 357 g/mol. The van der Waals surface area contributed by atoms with E-state index in [1.54, 1.807) is 0 Å². The molecule has 4 aliphatic rings. The molecule has 5 unspecified atom stereocenters. The van der Waals surface area contributed by atoms with Gasteiger partial charge in [0.15, 0.2) is 0 Å². The summed E-state index contributed by atoms with van der Waals surface area (Å²) in [6.45, 7) is 1.70. The third-order valence-corrected chi connectivity index (χ3v) is 7.78. The van der Waals surface area contributed by atoms with Crippen molar-refractivity contribution in [2.45, 2.75) is 88.9 Å². The van der Waals surface area contributed by atoms with Gasteiger partial charge in [-0.15, -0.1) is 0 Å². The van der Waals surface area contributed by atoms with Crippen LogP contribution < -0.4 is 5.48 Å². The van der Waals surface area contributed by atoms with Gasteiger partial charge in [0, 0.05) is 31.3 Å². The van der Waals surface area contributed by atoms with Crippen LogP contribution in [-0.4, -0.2) is 42.2 Å². The van der Waals surface area contributed by atoms with Crippen molar-refractivity contribution in [1.82, 2.24) is 10.4 Å². The smallest absolute Gasteiger partial charge is 0.242 e. The number of nitrogens with zero attached hydrogens (tertiary/aromatic N) is 2. The Morgan fingerprint density at radius 1 is 1.00 bits per heavy atom. The summed E-state index contributed by atoms with van der Waals surface area (Å²) in [4.78, 5) is 20.6. The van der Waals surface area contributed by atoms with Crippen molar-refractivity contribution in [3.63, 3.8) is 0 Å². The third kappa shape index (κ3) is 4.36. The molecule has 6 heteroatoms. The molecule has 0 bridgehead atoms. The Labute approximate surface area is 167 Å². The van der Waals surface area contributed by atoms with Crippen molar-refractivity contribution in [2.24, 2.45) is 23.7 Å². The summed E-state index contributed by atoms with van der Waals surface area (Å²) in [5, 5.41) is 9.01. The zero-order valence-electron chi connectivity index (χ0n) is 16.8. The fourth-order valence-electron chi connectivity index (χ4n) is 6.00. The van der Waals surface area contributed by atoms with Gasteiger partial charge in [-0.1, -0.05) is 32.1 Å². The molecule has 5 nitrogen and oxygen atoms in total. The lowest BCUT2D eigenvalue weighted by Crippen LogP contribution is -2.47. The van der Waals surface area contributed by atoms with Crippen molar-refractivity contribution < 1.29 is 14.0 Å². The van der Waals surface area contributed by atoms with Gasteiger partial charge in [-0.25, -0.2) is 4.39 Å². The van der Waals surface area contributed by atoms with Crippen LogP contribution in [0.3, 0.4) is 0 Å². The van der Waals surface area contributed by atoms with E-state index in [2.05, 4.69) is 11.5 Å². The summed E-state index contributed by atoms with van der Waals surface area (Å²) in [6.07, 6.45) is 10.1. The second-order valence-electron chi connectivity index (χ2n) is 9.44. The van der Waals surface area contributed by atoms with Crippen molar-refractivity contribution in [3.8, 4) is 6.07 Å². The molecule has 0 spiro atoms. The third-order valence-electron chi connectivity index (χ3n) is 7.78. The Kier molecular flexibility index (Phi) is 6.52. The Bertz CT molecular complexity index is 581. The molecule has 156 valence electrons. The number of nitrogens with one attached hydrogen (secondary N) is 1. The van der Waals surface area contributed by atoms with E-state index in [-0.39, 0.29) is 29.9 Å². The number of amides is 1. The summed E-state index contributed by atoms with van der Waals surface area (Å²) in [5.74, 6) is 1.39. The summed E-state index contributed by atoms with van der Waals surface area (Å²) >= 11 is 0. The van der Waals surface area contributed by atoms with Gasteiger partial charge in [0.25, 0.3) is 0 Å². The number of hydrogen-bond acceptors (Lipinski definition) is 4. The van der Waals surface area contributed by atoms with E-state index in [0.717, 1.165) is 44.2 Å². The zero-order chi connectivity index (χ0) is 19.5. The molecule has 2 heterocycles. The lowest BCUT2D eigenvalue weighted by Gasteiger charge is -2.38. The maximum atomic E-state index is 14.5. The summed E-state index contributed by atoms with van der Waals surface area (Å²) in [6, 6.07) is 1.84. The molecule has 2 saturated heterocycles. The van der Waals surface area contributed by atoms with Gasteiger partial charge in [-0.2, -0.15) is 10.7 Å². The van der Waals surface area contributed by atoms with E-state index in [1.165, 1.54) is 32.1 Å². The molecule has 4 fully saturated rings. The molecule has 0 aromatic carbocycles. The van der Waals surface area contributed by atoms with E-state index in [0.29, 0.717) is 19.3 Å². The second kappa shape index (κ2) is 9.09. The number of alkyl halides is 1. The number of rotatable bonds is 3. The average Bonchev–Trinajstić information content (AvgIpc) is 3.23. The standard InChI is InChI=1S/C22H34FN3O2/c23-19-12-15(14-24)6-7-18(19)21-13-20(25-28-21)22(27)26-10-8-17(9-11-26)16-4-2-1-3-5-16/h15-21,25H,1-13H2. The van der Waals surface area contributed by atoms with Crippen LogP contribution >= 0.6 is 0 Å². The first kappa shape index (κ1) is 20.1. The Morgan fingerprint density at radius 3 is 2.39 bits per heavy atom. The maximum absolute atomic E-state index is 14.5. The Balaban J connectivity index is 1.24. The van der Waals surface area contributed by atoms with Crippen LogP contribution in [0, 0.1) is 35.0 Å². The Morgan fingerprint density at radius 2 is 1.71 bits per heavy atom. The molecule has 5 atom stereocenters. The molecule has 4 rings (SSSR count). The van der Waals surface area contributed by atoms with Gasteiger partial charge < -0.3 is 4.90 Å². The topological polar surface area (TPSA) is 65.4 Å². The molecule has 1 amide bonds. The van der Waals surface area contributed by atoms with Gasteiger partial charge >= 0.3 is 0 Å². The highest BCUT2D eigenvalue weighted by molar-refractivity contribution is 5.82. The molecular formula is C22H34FN3O2. The first-order valence-electron chi connectivity index (χ1n) is 11.4. The minimum atomic E-state index is -1.01. The predicted octanol–water partition coefficient (Wildman–Crippen LogP) is 3.75. The predicted molar refractivity (Wildman–Crippen MR) is 104 cm³/mol. The molecule has 2 aliphatic heterocycles. The monoisotopic (exact) mass is 391 g/mol. The molecule has 0 radical (unpaired) electrons. The summed E-state index contributed by atoms with van der Waals surface area (Å²) in [7, 11) is 0. The van der Waals surface area contributed by atoms with Crippen LogP contribution in [0.4, 0.5) is 4.39 Å². The lowest BCUT2D eigenvalue weighted by atomic mass is 9.75. The minimum Gasteiger partial charge on any atom is -0.341 e. The molecule has 28 heavy (non-hydrogen) atoms. The molecule has 2 aliphatic carbocycles.